The zero-order chi connectivity index (χ0) is 14.5. The second kappa shape index (κ2) is 7.41. The molecule has 2 rings (SSSR count). The lowest BCUT2D eigenvalue weighted by atomic mass is 9.98. The van der Waals surface area contributed by atoms with Crippen molar-refractivity contribution in [3.8, 4) is 0 Å². The number of aryl methyl sites for hydroxylation is 2. The molecule has 5 nitrogen and oxygen atoms in total. The minimum atomic E-state index is 0.209. The molecule has 1 fully saturated rings. The molecule has 0 spiro atoms. The predicted octanol–water partition coefficient (Wildman–Crippen LogP) is 2.11. The number of hydrogen-bond donors (Lipinski definition) is 2. The lowest BCUT2D eigenvalue weighted by Gasteiger charge is -2.24. The minimum absolute atomic E-state index is 0.209. The van der Waals surface area contributed by atoms with E-state index in [-0.39, 0.29) is 6.04 Å². The van der Waals surface area contributed by atoms with E-state index in [2.05, 4.69) is 10.5 Å². The average Bonchev–Trinajstić information content (AvgIpc) is 2.70. The maximum absolute atomic E-state index is 6.27. The summed E-state index contributed by atoms with van der Waals surface area (Å²) in [5.74, 6) is 5.68. The van der Waals surface area contributed by atoms with Gasteiger partial charge in [0.15, 0.2) is 0 Å². The van der Waals surface area contributed by atoms with Crippen LogP contribution >= 0.6 is 11.6 Å². The van der Waals surface area contributed by atoms with E-state index < -0.39 is 0 Å². The van der Waals surface area contributed by atoms with E-state index in [1.807, 2.05) is 14.0 Å². The number of nitrogens with zero attached hydrogens (tertiary/aromatic N) is 2. The quantitative estimate of drug-likeness (QED) is 0.624. The Kier molecular flexibility index (Phi) is 5.84. The lowest BCUT2D eigenvalue weighted by Crippen LogP contribution is -2.38. The Hall–Kier alpha value is -0.620. The van der Waals surface area contributed by atoms with Crippen molar-refractivity contribution in [1.29, 1.82) is 0 Å². The van der Waals surface area contributed by atoms with Gasteiger partial charge in [-0.1, -0.05) is 11.6 Å². The third kappa shape index (κ3) is 3.95. The Bertz CT molecular complexity index is 429. The monoisotopic (exact) mass is 300 g/mol. The first kappa shape index (κ1) is 15.8. The molecule has 0 amide bonds. The Morgan fingerprint density at radius 2 is 2.35 bits per heavy atom. The van der Waals surface area contributed by atoms with Crippen molar-refractivity contribution < 1.29 is 4.74 Å². The Morgan fingerprint density at radius 1 is 1.55 bits per heavy atom. The van der Waals surface area contributed by atoms with Crippen molar-refractivity contribution in [3.63, 3.8) is 0 Å². The molecule has 0 bridgehead atoms. The molecule has 1 aliphatic heterocycles. The molecular weight excluding hydrogens is 276 g/mol. The number of hydrazine groups is 1. The van der Waals surface area contributed by atoms with Crippen molar-refractivity contribution in [2.45, 2.75) is 57.6 Å². The highest BCUT2D eigenvalue weighted by atomic mass is 35.5. The highest BCUT2D eigenvalue weighted by molar-refractivity contribution is 6.30. The normalized spacial score (nSPS) is 21.1. The fraction of sp³-hybridized carbons (Fsp3) is 0.786. The Morgan fingerprint density at radius 3 is 2.90 bits per heavy atom. The fourth-order valence-electron chi connectivity index (χ4n) is 2.82. The number of ether oxygens (including phenoxy) is 1. The second-order valence-corrected chi connectivity index (χ2v) is 5.97. The smallest absolute Gasteiger partial charge is 0.130 e. The van der Waals surface area contributed by atoms with Gasteiger partial charge in [-0.2, -0.15) is 5.10 Å². The highest BCUT2D eigenvalue weighted by Gasteiger charge is 2.19. The number of hydrogen-bond acceptors (Lipinski definition) is 4. The van der Waals surface area contributed by atoms with Gasteiger partial charge in [0.1, 0.15) is 5.15 Å². The van der Waals surface area contributed by atoms with Crippen LogP contribution in [-0.2, 0) is 18.2 Å². The number of rotatable bonds is 6. The van der Waals surface area contributed by atoms with Crippen molar-refractivity contribution in [3.05, 3.63) is 16.4 Å². The summed E-state index contributed by atoms with van der Waals surface area (Å²) >= 11 is 6.27. The molecule has 1 aromatic heterocycles. The SMILES string of the molecule is Cc1nn(C)c(Cl)c1CC(CCC1CCCCO1)NN. The van der Waals surface area contributed by atoms with Gasteiger partial charge in [0.2, 0.25) is 0 Å². The van der Waals surface area contributed by atoms with Crippen LogP contribution in [0.3, 0.4) is 0 Å². The molecule has 20 heavy (non-hydrogen) atoms. The average molecular weight is 301 g/mol. The van der Waals surface area contributed by atoms with E-state index in [1.54, 1.807) is 4.68 Å². The van der Waals surface area contributed by atoms with Gasteiger partial charge >= 0.3 is 0 Å². The molecule has 114 valence electrons. The molecule has 1 saturated heterocycles. The van der Waals surface area contributed by atoms with E-state index in [0.717, 1.165) is 37.1 Å². The molecule has 0 radical (unpaired) electrons. The van der Waals surface area contributed by atoms with E-state index in [4.69, 9.17) is 22.2 Å². The first-order valence-electron chi connectivity index (χ1n) is 7.37. The van der Waals surface area contributed by atoms with Crippen LogP contribution in [0.1, 0.15) is 43.4 Å². The zero-order valence-electron chi connectivity index (χ0n) is 12.4. The molecular formula is C14H25ClN4O. The summed E-state index contributed by atoms with van der Waals surface area (Å²) in [6, 6.07) is 0.209. The van der Waals surface area contributed by atoms with Gasteiger partial charge in [0.25, 0.3) is 0 Å². The summed E-state index contributed by atoms with van der Waals surface area (Å²) in [5, 5.41) is 5.04. The van der Waals surface area contributed by atoms with Crippen LogP contribution in [0, 0.1) is 6.92 Å². The van der Waals surface area contributed by atoms with Gasteiger partial charge in [0, 0.05) is 25.3 Å². The van der Waals surface area contributed by atoms with Gasteiger partial charge in [-0.25, -0.2) is 0 Å². The largest absolute Gasteiger partial charge is 0.378 e. The lowest BCUT2D eigenvalue weighted by molar-refractivity contribution is 0.00858. The number of aromatic nitrogens is 2. The number of halogens is 1. The third-order valence-electron chi connectivity index (χ3n) is 4.07. The highest BCUT2D eigenvalue weighted by Crippen LogP contribution is 2.23. The van der Waals surface area contributed by atoms with Crippen LogP contribution in [0.5, 0.6) is 0 Å². The van der Waals surface area contributed by atoms with Crippen molar-refractivity contribution in [1.82, 2.24) is 15.2 Å². The van der Waals surface area contributed by atoms with E-state index >= 15 is 0 Å². The summed E-state index contributed by atoms with van der Waals surface area (Å²) in [6.45, 7) is 2.89. The van der Waals surface area contributed by atoms with Gasteiger partial charge in [-0.05, 0) is 45.4 Å². The van der Waals surface area contributed by atoms with Crippen molar-refractivity contribution in [2.75, 3.05) is 6.61 Å². The molecule has 1 aromatic rings. The summed E-state index contributed by atoms with van der Waals surface area (Å²) < 4.78 is 7.48. The van der Waals surface area contributed by atoms with Gasteiger partial charge in [-0.15, -0.1) is 0 Å². The van der Waals surface area contributed by atoms with Crippen LogP contribution in [0.4, 0.5) is 0 Å². The minimum Gasteiger partial charge on any atom is -0.378 e. The summed E-state index contributed by atoms with van der Waals surface area (Å²) in [4.78, 5) is 0. The topological polar surface area (TPSA) is 65.1 Å². The van der Waals surface area contributed by atoms with E-state index in [0.29, 0.717) is 11.3 Å². The molecule has 0 saturated carbocycles. The molecule has 1 aliphatic rings. The second-order valence-electron chi connectivity index (χ2n) is 5.61. The van der Waals surface area contributed by atoms with Crippen LogP contribution in [-0.4, -0.2) is 28.5 Å². The molecule has 2 unspecified atom stereocenters. The Labute approximate surface area is 125 Å². The Balaban J connectivity index is 1.88. The predicted molar refractivity (Wildman–Crippen MR) is 80.6 cm³/mol. The van der Waals surface area contributed by atoms with Crippen molar-refractivity contribution >= 4 is 11.6 Å². The molecule has 0 aliphatic carbocycles. The molecule has 0 aromatic carbocycles. The standard InChI is InChI=1S/C14H25ClN4O/c1-10-13(14(15)19(2)18-10)9-11(17-16)6-7-12-5-3-4-8-20-12/h11-12,17H,3-9,16H2,1-2H3. The van der Waals surface area contributed by atoms with Crippen LogP contribution in [0.25, 0.3) is 0 Å². The molecule has 3 N–H and O–H groups in total. The molecule has 2 heterocycles. The van der Waals surface area contributed by atoms with Crippen molar-refractivity contribution in [2.24, 2.45) is 12.9 Å². The van der Waals surface area contributed by atoms with Gasteiger partial charge < -0.3 is 4.74 Å². The summed E-state index contributed by atoms with van der Waals surface area (Å²) in [5.41, 5.74) is 4.97. The van der Waals surface area contributed by atoms with Gasteiger partial charge in [0.05, 0.1) is 11.8 Å². The maximum atomic E-state index is 6.27. The van der Waals surface area contributed by atoms with Crippen LogP contribution in [0.15, 0.2) is 0 Å². The van der Waals surface area contributed by atoms with Crippen LogP contribution < -0.4 is 11.3 Å². The van der Waals surface area contributed by atoms with Crippen LogP contribution in [0.2, 0.25) is 5.15 Å². The van der Waals surface area contributed by atoms with E-state index in [1.165, 1.54) is 19.3 Å². The zero-order valence-corrected chi connectivity index (χ0v) is 13.1. The fourth-order valence-corrected chi connectivity index (χ4v) is 3.07. The molecule has 2 atom stereocenters. The summed E-state index contributed by atoms with van der Waals surface area (Å²) in [7, 11) is 1.86. The third-order valence-corrected chi connectivity index (χ3v) is 4.54. The first-order valence-corrected chi connectivity index (χ1v) is 7.75. The van der Waals surface area contributed by atoms with Gasteiger partial charge in [-0.3, -0.25) is 16.0 Å². The first-order chi connectivity index (χ1) is 9.61. The molecule has 6 heteroatoms. The summed E-state index contributed by atoms with van der Waals surface area (Å²) in [6.07, 6.45) is 6.88. The number of nitrogens with two attached hydrogens (primary N) is 1. The maximum Gasteiger partial charge on any atom is 0.130 e. The number of nitrogens with one attached hydrogen (secondary N) is 1. The van der Waals surface area contributed by atoms with E-state index in [9.17, 15) is 0 Å².